The topological polar surface area (TPSA) is 28.4 Å². The van der Waals surface area contributed by atoms with Crippen LogP contribution in [0.1, 0.15) is 12.2 Å². The molecule has 1 N–H and O–H groups in total. The Morgan fingerprint density at radius 3 is 2.71 bits per heavy atom. The monoisotopic (exact) mass is 250 g/mol. The normalized spacial score (nSPS) is 12.3. The number of nitrogens with zero attached hydrogens (tertiary/aromatic N) is 1. The fraction of sp³-hybridized carbons (Fsp3) is 0.636. The Labute approximate surface area is 98.6 Å². The van der Waals surface area contributed by atoms with Gasteiger partial charge in [0, 0.05) is 19.6 Å². The first kappa shape index (κ1) is 14.1. The third-order valence-electron chi connectivity index (χ3n) is 2.33. The minimum absolute atomic E-state index is 0.0337. The van der Waals surface area contributed by atoms with Gasteiger partial charge in [-0.25, -0.2) is 0 Å². The highest BCUT2D eigenvalue weighted by atomic mass is 19.4. The maximum atomic E-state index is 11.9. The molecular formula is C11H17F3N2O. The second-order valence-corrected chi connectivity index (χ2v) is 3.92. The maximum absolute atomic E-state index is 11.9. The molecular weight excluding hydrogens is 233 g/mol. The molecule has 0 spiro atoms. The zero-order valence-electron chi connectivity index (χ0n) is 9.76. The van der Waals surface area contributed by atoms with Crippen LogP contribution >= 0.6 is 0 Å². The summed E-state index contributed by atoms with van der Waals surface area (Å²) in [7, 11) is 1.68. The van der Waals surface area contributed by atoms with Crippen LogP contribution in [0, 0.1) is 0 Å². The molecule has 0 amide bonds. The van der Waals surface area contributed by atoms with Crippen LogP contribution in [0.25, 0.3) is 0 Å². The SMILES string of the molecule is CN(CCNCc1ccco1)CCC(F)(F)F. The standard InChI is InChI=1S/C11H17F3N2O/c1-16(6-4-11(12,13)14)7-5-15-9-10-3-2-8-17-10/h2-3,8,15H,4-7,9H2,1H3. The molecule has 0 fully saturated rings. The molecule has 0 aliphatic rings. The van der Waals surface area contributed by atoms with Crippen LogP contribution in [-0.2, 0) is 6.54 Å². The average Bonchev–Trinajstić information content (AvgIpc) is 2.73. The molecule has 0 bridgehead atoms. The fourth-order valence-corrected chi connectivity index (χ4v) is 1.32. The van der Waals surface area contributed by atoms with Gasteiger partial charge >= 0.3 is 6.18 Å². The minimum atomic E-state index is -4.07. The van der Waals surface area contributed by atoms with Crippen LogP contribution in [-0.4, -0.2) is 37.8 Å². The molecule has 0 aromatic carbocycles. The quantitative estimate of drug-likeness (QED) is 0.752. The Morgan fingerprint density at radius 1 is 1.35 bits per heavy atom. The van der Waals surface area contributed by atoms with Crippen molar-refractivity contribution in [2.24, 2.45) is 0 Å². The third kappa shape index (κ3) is 7.01. The number of nitrogens with one attached hydrogen (secondary N) is 1. The van der Waals surface area contributed by atoms with Crippen LogP contribution in [0.4, 0.5) is 13.2 Å². The number of furan rings is 1. The summed E-state index contributed by atoms with van der Waals surface area (Å²) in [6.45, 7) is 1.85. The van der Waals surface area contributed by atoms with Gasteiger partial charge in [0.15, 0.2) is 0 Å². The number of hydrogen-bond donors (Lipinski definition) is 1. The lowest BCUT2D eigenvalue weighted by atomic mass is 10.4. The summed E-state index contributed by atoms with van der Waals surface area (Å²) in [5.41, 5.74) is 0. The van der Waals surface area contributed by atoms with Crippen molar-refractivity contribution in [3.63, 3.8) is 0 Å². The van der Waals surface area contributed by atoms with Crippen LogP contribution in [0.15, 0.2) is 22.8 Å². The van der Waals surface area contributed by atoms with Gasteiger partial charge in [0.2, 0.25) is 0 Å². The Bertz CT molecular complexity index is 298. The lowest BCUT2D eigenvalue weighted by molar-refractivity contribution is -0.137. The summed E-state index contributed by atoms with van der Waals surface area (Å²) in [5, 5.41) is 3.10. The summed E-state index contributed by atoms with van der Waals surface area (Å²) >= 11 is 0. The van der Waals surface area contributed by atoms with Gasteiger partial charge in [-0.05, 0) is 19.2 Å². The summed E-state index contributed by atoms with van der Waals surface area (Å²) in [6, 6.07) is 3.65. The summed E-state index contributed by atoms with van der Waals surface area (Å²) in [6.07, 6.45) is -3.25. The molecule has 1 aromatic rings. The summed E-state index contributed by atoms with van der Waals surface area (Å²) in [4.78, 5) is 1.66. The maximum Gasteiger partial charge on any atom is 0.390 e. The van der Waals surface area contributed by atoms with E-state index in [9.17, 15) is 13.2 Å². The van der Waals surface area contributed by atoms with E-state index in [1.54, 1.807) is 24.3 Å². The molecule has 3 nitrogen and oxygen atoms in total. The van der Waals surface area contributed by atoms with Gasteiger partial charge in [0.1, 0.15) is 5.76 Å². The number of rotatable bonds is 7. The van der Waals surface area contributed by atoms with Crippen molar-refractivity contribution >= 4 is 0 Å². The number of hydrogen-bond acceptors (Lipinski definition) is 3. The summed E-state index contributed by atoms with van der Waals surface area (Å²) in [5.74, 6) is 0.822. The van der Waals surface area contributed by atoms with Crippen molar-refractivity contribution in [1.82, 2.24) is 10.2 Å². The van der Waals surface area contributed by atoms with E-state index in [1.807, 2.05) is 6.07 Å². The zero-order valence-corrected chi connectivity index (χ0v) is 9.76. The van der Waals surface area contributed by atoms with Gasteiger partial charge in [0.25, 0.3) is 0 Å². The highest BCUT2D eigenvalue weighted by Gasteiger charge is 2.26. The predicted molar refractivity (Wildman–Crippen MR) is 58.6 cm³/mol. The molecule has 1 rings (SSSR count). The Hall–Kier alpha value is -1.01. The van der Waals surface area contributed by atoms with Crippen molar-refractivity contribution < 1.29 is 17.6 Å². The van der Waals surface area contributed by atoms with Gasteiger partial charge in [-0.1, -0.05) is 0 Å². The van der Waals surface area contributed by atoms with E-state index in [0.29, 0.717) is 19.6 Å². The first-order valence-corrected chi connectivity index (χ1v) is 5.46. The minimum Gasteiger partial charge on any atom is -0.468 e. The number of likely N-dealkylation sites (N-methyl/N-ethyl adjacent to an activating group) is 1. The van der Waals surface area contributed by atoms with Crippen molar-refractivity contribution in [3.05, 3.63) is 24.2 Å². The van der Waals surface area contributed by atoms with E-state index < -0.39 is 12.6 Å². The van der Waals surface area contributed by atoms with Gasteiger partial charge < -0.3 is 14.6 Å². The highest BCUT2D eigenvalue weighted by molar-refractivity contribution is 4.97. The first-order valence-electron chi connectivity index (χ1n) is 5.46. The first-order chi connectivity index (χ1) is 7.97. The Morgan fingerprint density at radius 2 is 2.12 bits per heavy atom. The smallest absolute Gasteiger partial charge is 0.390 e. The molecule has 17 heavy (non-hydrogen) atoms. The molecule has 98 valence electrons. The predicted octanol–water partition coefficient (Wildman–Crippen LogP) is 2.25. The summed E-state index contributed by atoms with van der Waals surface area (Å²) < 4.78 is 40.9. The molecule has 0 aliphatic heterocycles. The van der Waals surface area contributed by atoms with Crippen molar-refractivity contribution in [3.8, 4) is 0 Å². The number of halogens is 3. The molecule has 0 saturated heterocycles. The Kier molecular flexibility index (Phi) is 5.50. The van der Waals surface area contributed by atoms with Gasteiger partial charge in [-0.2, -0.15) is 13.2 Å². The molecule has 0 atom stereocenters. The van der Waals surface area contributed by atoms with Crippen molar-refractivity contribution in [2.75, 3.05) is 26.7 Å². The van der Waals surface area contributed by atoms with Crippen molar-refractivity contribution in [1.29, 1.82) is 0 Å². The van der Waals surface area contributed by atoms with E-state index in [-0.39, 0.29) is 6.54 Å². The average molecular weight is 250 g/mol. The second-order valence-electron chi connectivity index (χ2n) is 3.92. The molecule has 6 heteroatoms. The van der Waals surface area contributed by atoms with Crippen LogP contribution in [0.2, 0.25) is 0 Å². The molecule has 0 saturated carbocycles. The van der Waals surface area contributed by atoms with E-state index in [0.717, 1.165) is 5.76 Å². The van der Waals surface area contributed by atoms with Crippen LogP contribution < -0.4 is 5.32 Å². The molecule has 0 radical (unpaired) electrons. The second kappa shape index (κ2) is 6.66. The number of alkyl halides is 3. The molecule has 1 aromatic heterocycles. The fourth-order valence-electron chi connectivity index (χ4n) is 1.32. The van der Waals surface area contributed by atoms with E-state index in [1.165, 1.54) is 0 Å². The van der Waals surface area contributed by atoms with Crippen LogP contribution in [0.3, 0.4) is 0 Å². The lowest BCUT2D eigenvalue weighted by Gasteiger charge is -2.17. The van der Waals surface area contributed by atoms with Gasteiger partial charge in [-0.15, -0.1) is 0 Å². The van der Waals surface area contributed by atoms with Gasteiger partial charge in [0.05, 0.1) is 19.2 Å². The van der Waals surface area contributed by atoms with Gasteiger partial charge in [-0.3, -0.25) is 0 Å². The highest BCUT2D eigenvalue weighted by Crippen LogP contribution is 2.19. The zero-order chi connectivity index (χ0) is 12.7. The Balaban J connectivity index is 2.02. The van der Waals surface area contributed by atoms with E-state index >= 15 is 0 Å². The van der Waals surface area contributed by atoms with Crippen LogP contribution in [0.5, 0.6) is 0 Å². The van der Waals surface area contributed by atoms with E-state index in [2.05, 4.69) is 5.32 Å². The van der Waals surface area contributed by atoms with Crippen molar-refractivity contribution in [2.45, 2.75) is 19.1 Å². The lowest BCUT2D eigenvalue weighted by Crippen LogP contribution is -2.31. The largest absolute Gasteiger partial charge is 0.468 e. The molecule has 0 unspecified atom stereocenters. The molecule has 0 aliphatic carbocycles. The third-order valence-corrected chi connectivity index (χ3v) is 2.33. The molecule has 1 heterocycles. The van der Waals surface area contributed by atoms with E-state index in [4.69, 9.17) is 4.42 Å².